The number of fused-ring (bicyclic) bond motifs is 11. The quantitative estimate of drug-likeness (QED) is 0.203. The van der Waals surface area contributed by atoms with Gasteiger partial charge in [0.2, 0.25) is 5.95 Å². The average Bonchev–Trinajstić information content (AvgIpc) is 3.73. The highest BCUT2D eigenvalue weighted by atomic mass is 32.1. The Morgan fingerprint density at radius 2 is 1.23 bits per heavy atom. The van der Waals surface area contributed by atoms with E-state index in [4.69, 9.17) is 9.97 Å². The second kappa shape index (κ2) is 8.71. The standard InChI is InChI=1S/C38H21N3S2/c1-2-10-23-21-24(18-17-22(23)9-1)34-37-35(28-13-5-8-16-31(28)43-37)40-38(39-34)41-29-14-6-3-11-25(29)26-19-20-32-33(36(26)41)27-12-4-7-15-30(27)42-32/h1-21H. The third kappa shape index (κ3) is 3.29. The minimum atomic E-state index is 0.702. The van der Waals surface area contributed by atoms with Gasteiger partial charge in [0.25, 0.3) is 0 Å². The van der Waals surface area contributed by atoms with Crippen molar-refractivity contribution in [3.8, 4) is 17.2 Å². The SMILES string of the molecule is c1ccc2cc(-c3nc(-n4c5ccccc5c5ccc6sc7ccccc7c6c54)nc4c3sc3ccccc34)ccc2c1. The van der Waals surface area contributed by atoms with Crippen LogP contribution in [0.3, 0.4) is 0 Å². The summed E-state index contributed by atoms with van der Waals surface area (Å²) in [5.41, 5.74) is 5.36. The highest BCUT2D eigenvalue weighted by Gasteiger charge is 2.22. The van der Waals surface area contributed by atoms with Gasteiger partial charge in [-0.25, -0.2) is 9.97 Å². The molecule has 0 aliphatic carbocycles. The molecule has 0 bridgehead atoms. The third-order valence-corrected chi connectivity index (χ3v) is 10.9. The number of hydrogen-bond acceptors (Lipinski definition) is 4. The Hall–Kier alpha value is -5.10. The van der Waals surface area contributed by atoms with Gasteiger partial charge in [0.1, 0.15) is 0 Å². The molecule has 0 amide bonds. The number of nitrogens with zero attached hydrogens (tertiary/aromatic N) is 3. The molecule has 5 heteroatoms. The van der Waals surface area contributed by atoms with E-state index in [9.17, 15) is 0 Å². The summed E-state index contributed by atoms with van der Waals surface area (Å²) in [7, 11) is 0. The van der Waals surface area contributed by atoms with Gasteiger partial charge in [-0.1, -0.05) is 97.1 Å². The lowest BCUT2D eigenvalue weighted by atomic mass is 10.0. The first kappa shape index (κ1) is 23.5. The van der Waals surface area contributed by atoms with Crippen LogP contribution in [0, 0.1) is 0 Å². The van der Waals surface area contributed by atoms with Crippen LogP contribution in [0.5, 0.6) is 0 Å². The Kier molecular flexibility index (Phi) is 4.75. The zero-order valence-electron chi connectivity index (χ0n) is 22.8. The van der Waals surface area contributed by atoms with Crippen molar-refractivity contribution in [2.75, 3.05) is 0 Å². The molecule has 0 aliphatic heterocycles. The number of para-hydroxylation sites is 1. The van der Waals surface area contributed by atoms with Crippen molar-refractivity contribution in [1.82, 2.24) is 14.5 Å². The molecule has 200 valence electrons. The van der Waals surface area contributed by atoms with Crippen LogP contribution in [0.1, 0.15) is 0 Å². The maximum atomic E-state index is 5.45. The van der Waals surface area contributed by atoms with E-state index in [2.05, 4.69) is 132 Å². The largest absolute Gasteiger partial charge is 0.277 e. The van der Waals surface area contributed by atoms with E-state index in [0.717, 1.165) is 27.0 Å². The smallest absolute Gasteiger partial charge is 0.235 e. The fourth-order valence-corrected chi connectivity index (χ4v) is 8.95. The van der Waals surface area contributed by atoms with Gasteiger partial charge in [-0.3, -0.25) is 4.57 Å². The Balaban J connectivity index is 1.40. The molecule has 0 saturated heterocycles. The minimum absolute atomic E-state index is 0.702. The molecule has 6 aromatic carbocycles. The predicted octanol–water partition coefficient (Wildman–Crippen LogP) is 11.1. The van der Waals surface area contributed by atoms with E-state index in [1.165, 1.54) is 57.3 Å². The lowest BCUT2D eigenvalue weighted by Gasteiger charge is -2.11. The maximum Gasteiger partial charge on any atom is 0.235 e. The molecule has 0 aliphatic rings. The molecule has 0 unspecified atom stereocenters. The van der Waals surface area contributed by atoms with Crippen LogP contribution in [0.4, 0.5) is 0 Å². The van der Waals surface area contributed by atoms with Crippen LogP contribution in [0.15, 0.2) is 127 Å². The lowest BCUT2D eigenvalue weighted by Crippen LogP contribution is -2.03. The predicted molar refractivity (Wildman–Crippen MR) is 185 cm³/mol. The molecule has 0 fully saturated rings. The molecule has 4 aromatic heterocycles. The Bertz CT molecular complexity index is 2750. The zero-order valence-corrected chi connectivity index (χ0v) is 24.4. The number of aromatic nitrogens is 3. The van der Waals surface area contributed by atoms with Crippen LogP contribution >= 0.6 is 22.7 Å². The molecule has 4 heterocycles. The summed E-state index contributed by atoms with van der Waals surface area (Å²) in [4.78, 5) is 10.8. The van der Waals surface area contributed by atoms with E-state index >= 15 is 0 Å². The Morgan fingerprint density at radius 3 is 2.12 bits per heavy atom. The van der Waals surface area contributed by atoms with Crippen molar-refractivity contribution in [3.05, 3.63) is 127 Å². The van der Waals surface area contributed by atoms with Gasteiger partial charge < -0.3 is 0 Å². The molecule has 10 rings (SSSR count). The zero-order chi connectivity index (χ0) is 28.1. The number of thiophene rings is 2. The maximum absolute atomic E-state index is 5.45. The molecular weight excluding hydrogens is 563 g/mol. The summed E-state index contributed by atoms with van der Waals surface area (Å²) in [6.45, 7) is 0. The van der Waals surface area contributed by atoms with Crippen LogP contribution in [0.2, 0.25) is 0 Å². The average molecular weight is 584 g/mol. The number of rotatable bonds is 2. The van der Waals surface area contributed by atoms with Crippen molar-refractivity contribution < 1.29 is 0 Å². The molecule has 43 heavy (non-hydrogen) atoms. The number of hydrogen-bond donors (Lipinski definition) is 0. The molecule has 10 aromatic rings. The normalized spacial score (nSPS) is 12.2. The van der Waals surface area contributed by atoms with E-state index in [-0.39, 0.29) is 0 Å². The highest BCUT2D eigenvalue weighted by molar-refractivity contribution is 7.26. The van der Waals surface area contributed by atoms with Crippen LogP contribution in [0.25, 0.3) is 90.3 Å². The van der Waals surface area contributed by atoms with Crippen molar-refractivity contribution in [2.24, 2.45) is 0 Å². The molecule has 0 spiro atoms. The van der Waals surface area contributed by atoms with Gasteiger partial charge in [-0.05, 0) is 41.1 Å². The second-order valence-electron chi connectivity index (χ2n) is 11.0. The van der Waals surface area contributed by atoms with Gasteiger partial charge in [0.15, 0.2) is 0 Å². The number of benzene rings is 6. The fourth-order valence-electron chi connectivity index (χ4n) is 6.68. The first-order valence-electron chi connectivity index (χ1n) is 14.3. The summed E-state index contributed by atoms with van der Waals surface area (Å²) in [5, 5.41) is 8.56. The summed E-state index contributed by atoms with van der Waals surface area (Å²) < 4.78 is 7.21. The Labute approximate surface area is 253 Å². The summed E-state index contributed by atoms with van der Waals surface area (Å²) in [6, 6.07) is 45.7. The van der Waals surface area contributed by atoms with Gasteiger partial charge in [0, 0.05) is 46.6 Å². The van der Waals surface area contributed by atoms with E-state index < -0.39 is 0 Å². The fraction of sp³-hybridized carbons (Fsp3) is 0. The van der Waals surface area contributed by atoms with Gasteiger partial charge in [-0.2, -0.15) is 0 Å². The Morgan fingerprint density at radius 1 is 0.512 bits per heavy atom. The molecule has 0 saturated carbocycles. The summed E-state index contributed by atoms with van der Waals surface area (Å²) >= 11 is 3.62. The van der Waals surface area contributed by atoms with Crippen molar-refractivity contribution in [3.63, 3.8) is 0 Å². The molecular formula is C38H21N3S2. The lowest BCUT2D eigenvalue weighted by molar-refractivity contribution is 1.02. The molecule has 3 nitrogen and oxygen atoms in total. The van der Waals surface area contributed by atoms with E-state index in [1.54, 1.807) is 11.3 Å². The minimum Gasteiger partial charge on any atom is -0.277 e. The third-order valence-electron chi connectivity index (χ3n) is 8.61. The van der Waals surface area contributed by atoms with E-state index in [1.807, 2.05) is 11.3 Å². The molecule has 0 radical (unpaired) electrons. The van der Waals surface area contributed by atoms with Crippen molar-refractivity contribution in [1.29, 1.82) is 0 Å². The van der Waals surface area contributed by atoms with Crippen LogP contribution in [-0.2, 0) is 0 Å². The van der Waals surface area contributed by atoms with Gasteiger partial charge in [-0.15, -0.1) is 22.7 Å². The topological polar surface area (TPSA) is 30.7 Å². The van der Waals surface area contributed by atoms with Crippen LogP contribution in [-0.4, -0.2) is 14.5 Å². The van der Waals surface area contributed by atoms with Gasteiger partial charge >= 0.3 is 0 Å². The van der Waals surface area contributed by atoms with Crippen LogP contribution < -0.4 is 0 Å². The van der Waals surface area contributed by atoms with Crippen molar-refractivity contribution in [2.45, 2.75) is 0 Å². The highest BCUT2D eigenvalue weighted by Crippen LogP contribution is 2.44. The monoisotopic (exact) mass is 583 g/mol. The summed E-state index contributed by atoms with van der Waals surface area (Å²) in [6.07, 6.45) is 0. The second-order valence-corrected chi connectivity index (χ2v) is 13.1. The molecule has 0 atom stereocenters. The summed E-state index contributed by atoms with van der Waals surface area (Å²) in [5.74, 6) is 0.702. The van der Waals surface area contributed by atoms with Crippen molar-refractivity contribution >= 4 is 95.7 Å². The van der Waals surface area contributed by atoms with Gasteiger partial charge in [0.05, 0.1) is 26.9 Å². The first-order chi connectivity index (χ1) is 21.3. The first-order valence-corrected chi connectivity index (χ1v) is 16.0. The van der Waals surface area contributed by atoms with E-state index in [0.29, 0.717) is 5.95 Å². The molecule has 0 N–H and O–H groups in total.